The highest BCUT2D eigenvalue weighted by molar-refractivity contribution is 5.80. The molecule has 0 aliphatic rings. The Morgan fingerprint density at radius 1 is 1.67 bits per heavy atom. The molecule has 0 bridgehead atoms. The lowest BCUT2D eigenvalue weighted by atomic mass is 10.5. The van der Waals surface area contributed by atoms with Crippen molar-refractivity contribution in [2.45, 2.75) is 6.92 Å². The van der Waals surface area contributed by atoms with Gasteiger partial charge in [0.05, 0.1) is 6.54 Å². The number of hydrogen-bond donors (Lipinski definition) is 2. The average Bonchev–Trinajstić information content (AvgIpc) is 2.18. The molecule has 0 saturated carbocycles. The molecule has 1 aromatic heterocycles. The van der Waals surface area contributed by atoms with Crippen LogP contribution in [0.5, 0.6) is 0 Å². The highest BCUT2D eigenvalue weighted by Gasteiger charge is 2.10. The molecule has 82 valence electrons. The number of hydrogen-bond acceptors (Lipinski definition) is 4. The van der Waals surface area contributed by atoms with Crippen LogP contribution in [0.2, 0.25) is 0 Å². The van der Waals surface area contributed by atoms with Crippen LogP contribution in [-0.2, 0) is 4.79 Å². The van der Waals surface area contributed by atoms with Crippen molar-refractivity contribution in [2.75, 3.05) is 25.0 Å². The van der Waals surface area contributed by atoms with Gasteiger partial charge < -0.3 is 15.2 Å². The van der Waals surface area contributed by atoms with Crippen LogP contribution in [0, 0.1) is 0 Å². The Morgan fingerprint density at radius 3 is 3.00 bits per heavy atom. The number of carbonyl (C=O) groups is 1. The lowest BCUT2D eigenvalue weighted by Crippen LogP contribution is -2.37. The predicted octanol–water partition coefficient (Wildman–Crippen LogP) is -0.658. The number of likely N-dealkylation sites (N-methyl/N-ethyl adjacent to an activating group) is 2. The third kappa shape index (κ3) is 3.08. The van der Waals surface area contributed by atoms with Crippen molar-refractivity contribution in [1.82, 2.24) is 15.3 Å². The highest BCUT2D eigenvalue weighted by Crippen LogP contribution is 1.97. The summed E-state index contributed by atoms with van der Waals surface area (Å²) >= 11 is 0. The molecule has 0 aliphatic heterocycles. The van der Waals surface area contributed by atoms with Gasteiger partial charge in [-0.3, -0.25) is 9.59 Å². The van der Waals surface area contributed by atoms with Gasteiger partial charge in [0.2, 0.25) is 5.91 Å². The lowest BCUT2D eigenvalue weighted by molar-refractivity contribution is -0.119. The summed E-state index contributed by atoms with van der Waals surface area (Å²) in [6.45, 7) is 2.53. The van der Waals surface area contributed by atoms with Crippen LogP contribution < -0.4 is 15.8 Å². The van der Waals surface area contributed by atoms with Gasteiger partial charge in [-0.2, -0.15) is 0 Å². The van der Waals surface area contributed by atoms with Crippen molar-refractivity contribution in [3.8, 4) is 0 Å². The molecule has 1 rings (SSSR count). The molecule has 0 aromatic carbocycles. The first kappa shape index (κ1) is 11.2. The molecule has 1 heterocycles. The Kier molecular flexibility index (Phi) is 3.84. The molecule has 0 radical (unpaired) electrons. The van der Waals surface area contributed by atoms with E-state index in [1.807, 2.05) is 6.92 Å². The first-order valence-corrected chi connectivity index (χ1v) is 4.66. The molecule has 0 unspecified atom stereocenters. The minimum atomic E-state index is -0.302. The predicted molar refractivity (Wildman–Crippen MR) is 56.8 cm³/mol. The van der Waals surface area contributed by atoms with Gasteiger partial charge in [-0.1, -0.05) is 0 Å². The fourth-order valence-corrected chi connectivity index (χ4v) is 1.16. The molecule has 6 nitrogen and oxygen atoms in total. The average molecular weight is 210 g/mol. The van der Waals surface area contributed by atoms with E-state index in [9.17, 15) is 9.59 Å². The van der Waals surface area contributed by atoms with Crippen LogP contribution in [0.4, 0.5) is 5.82 Å². The maximum atomic E-state index is 11.3. The molecule has 2 N–H and O–H groups in total. The molecule has 1 aromatic rings. The zero-order valence-corrected chi connectivity index (χ0v) is 8.78. The summed E-state index contributed by atoms with van der Waals surface area (Å²) in [6, 6.07) is 0. The second kappa shape index (κ2) is 5.14. The Morgan fingerprint density at radius 2 is 2.40 bits per heavy atom. The number of anilines is 1. The summed E-state index contributed by atoms with van der Waals surface area (Å²) in [4.78, 5) is 30.4. The van der Waals surface area contributed by atoms with Gasteiger partial charge in [-0.25, -0.2) is 4.98 Å². The second-order valence-electron chi connectivity index (χ2n) is 3.05. The number of carbonyl (C=O) groups excluding carboxylic acids is 1. The van der Waals surface area contributed by atoms with E-state index in [0.29, 0.717) is 6.54 Å². The molecule has 0 fully saturated rings. The highest BCUT2D eigenvalue weighted by atomic mass is 16.2. The van der Waals surface area contributed by atoms with Crippen LogP contribution in [-0.4, -0.2) is 36.0 Å². The number of aromatic amines is 1. The third-order valence-electron chi connectivity index (χ3n) is 1.81. The van der Waals surface area contributed by atoms with Crippen LogP contribution >= 0.6 is 0 Å². The van der Waals surface area contributed by atoms with E-state index in [1.54, 1.807) is 7.05 Å². The molecular formula is C9H14N4O2. The number of amides is 1. The van der Waals surface area contributed by atoms with Crippen LogP contribution in [0.15, 0.2) is 17.2 Å². The second-order valence-corrected chi connectivity index (χ2v) is 3.05. The van der Waals surface area contributed by atoms with E-state index in [1.165, 1.54) is 17.3 Å². The van der Waals surface area contributed by atoms with Crippen molar-refractivity contribution < 1.29 is 4.79 Å². The van der Waals surface area contributed by atoms with Crippen molar-refractivity contribution in [2.24, 2.45) is 0 Å². The minimum absolute atomic E-state index is 0.119. The normalized spacial score (nSPS) is 9.73. The van der Waals surface area contributed by atoms with Gasteiger partial charge in [0.1, 0.15) is 0 Å². The molecule has 0 atom stereocenters. The maximum Gasteiger partial charge on any atom is 0.290 e. The third-order valence-corrected chi connectivity index (χ3v) is 1.81. The SMILES string of the molecule is CCNC(=O)CN(C)c1ncc[nH]c1=O. The molecule has 0 saturated heterocycles. The quantitative estimate of drug-likeness (QED) is 0.691. The zero-order chi connectivity index (χ0) is 11.3. The lowest BCUT2D eigenvalue weighted by Gasteiger charge is -2.15. The fourth-order valence-electron chi connectivity index (χ4n) is 1.16. The molecule has 6 heteroatoms. The van der Waals surface area contributed by atoms with E-state index >= 15 is 0 Å². The first-order valence-electron chi connectivity index (χ1n) is 4.66. The van der Waals surface area contributed by atoms with Gasteiger partial charge in [0.25, 0.3) is 5.56 Å². The van der Waals surface area contributed by atoms with E-state index in [4.69, 9.17) is 0 Å². The van der Waals surface area contributed by atoms with Gasteiger partial charge in [-0.15, -0.1) is 0 Å². The van der Waals surface area contributed by atoms with E-state index in [2.05, 4.69) is 15.3 Å². The summed E-state index contributed by atoms with van der Waals surface area (Å²) in [5.74, 6) is 0.105. The van der Waals surface area contributed by atoms with Crippen LogP contribution in [0.1, 0.15) is 6.92 Å². The Balaban J connectivity index is 2.69. The first-order chi connectivity index (χ1) is 7.15. The van der Waals surface area contributed by atoms with Gasteiger partial charge in [0.15, 0.2) is 5.82 Å². The molecule has 15 heavy (non-hydrogen) atoms. The smallest absolute Gasteiger partial charge is 0.290 e. The molecular weight excluding hydrogens is 196 g/mol. The topological polar surface area (TPSA) is 78.1 Å². The Labute approximate surface area is 87.3 Å². The van der Waals surface area contributed by atoms with Gasteiger partial charge in [0, 0.05) is 26.0 Å². The monoisotopic (exact) mass is 210 g/mol. The largest absolute Gasteiger partial charge is 0.355 e. The maximum absolute atomic E-state index is 11.3. The van der Waals surface area contributed by atoms with Gasteiger partial charge in [-0.05, 0) is 6.92 Å². The van der Waals surface area contributed by atoms with Crippen LogP contribution in [0.25, 0.3) is 0 Å². The number of aromatic nitrogens is 2. The summed E-state index contributed by atoms with van der Waals surface area (Å²) in [5, 5.41) is 2.65. The minimum Gasteiger partial charge on any atom is -0.355 e. The van der Waals surface area contributed by atoms with E-state index < -0.39 is 0 Å². The number of rotatable bonds is 4. The molecule has 1 amide bonds. The van der Waals surface area contributed by atoms with Gasteiger partial charge >= 0.3 is 0 Å². The van der Waals surface area contributed by atoms with E-state index in [0.717, 1.165) is 0 Å². The zero-order valence-electron chi connectivity index (χ0n) is 8.78. The van der Waals surface area contributed by atoms with Crippen molar-refractivity contribution >= 4 is 11.7 Å². The summed E-state index contributed by atoms with van der Waals surface area (Å²) in [6.07, 6.45) is 2.93. The summed E-state index contributed by atoms with van der Waals surface area (Å²) in [5.41, 5.74) is -0.302. The van der Waals surface area contributed by atoms with Crippen LogP contribution in [0.3, 0.4) is 0 Å². The summed E-state index contributed by atoms with van der Waals surface area (Å²) < 4.78 is 0. The van der Waals surface area contributed by atoms with Crippen molar-refractivity contribution in [3.63, 3.8) is 0 Å². The standard InChI is InChI=1S/C9H14N4O2/c1-3-10-7(14)6-13(2)8-9(15)12-5-4-11-8/h4-5H,3,6H2,1-2H3,(H,10,14)(H,12,15). The Bertz CT molecular complexity index is 388. The Hall–Kier alpha value is -1.85. The molecule has 0 spiro atoms. The number of nitrogens with zero attached hydrogens (tertiary/aromatic N) is 2. The van der Waals surface area contributed by atoms with E-state index in [-0.39, 0.29) is 23.8 Å². The molecule has 0 aliphatic carbocycles. The summed E-state index contributed by atoms with van der Waals surface area (Å²) in [7, 11) is 1.65. The number of H-pyrrole nitrogens is 1. The number of nitrogens with one attached hydrogen (secondary N) is 2. The van der Waals surface area contributed by atoms with Crippen molar-refractivity contribution in [1.29, 1.82) is 0 Å². The fraction of sp³-hybridized carbons (Fsp3) is 0.444. The van der Waals surface area contributed by atoms with Crippen molar-refractivity contribution in [3.05, 3.63) is 22.7 Å².